The molecule has 0 aliphatic heterocycles. The molecule has 1 atom stereocenters. The molecule has 1 unspecified atom stereocenters. The van der Waals surface area contributed by atoms with Crippen LogP contribution in [0.15, 0.2) is 52.7 Å². The number of thiophene rings is 1. The Balaban J connectivity index is 0.00000361. The van der Waals surface area contributed by atoms with Gasteiger partial charge in [-0.15, -0.1) is 11.3 Å². The Labute approximate surface area is 220 Å². The lowest BCUT2D eigenvalue weighted by atomic mass is 10.0. The van der Waals surface area contributed by atoms with Crippen LogP contribution in [0, 0.1) is 11.3 Å². The van der Waals surface area contributed by atoms with Crippen LogP contribution < -0.4 is 36.3 Å². The highest BCUT2D eigenvalue weighted by Gasteiger charge is 2.35. The maximum absolute atomic E-state index is 13.3. The number of nitrogens with zero attached hydrogens (tertiary/aromatic N) is 1. The molecular formula is C21H24F3N4O7PS2. The summed E-state index contributed by atoms with van der Waals surface area (Å²) in [5.41, 5.74) is -2.66. The minimum Gasteiger partial charge on any atom is -0.809 e. The second-order valence-electron chi connectivity index (χ2n) is 7.14. The van der Waals surface area contributed by atoms with Gasteiger partial charge in [0, 0.05) is 10.4 Å². The van der Waals surface area contributed by atoms with Crippen molar-refractivity contribution in [3.63, 3.8) is 0 Å². The van der Waals surface area contributed by atoms with Gasteiger partial charge in [-0.1, -0.05) is 12.1 Å². The Bertz CT molecular complexity index is 1480. The Kier molecular flexibility index (Phi) is 10.6. The largest absolute Gasteiger partial charge is 0.809 e. The Morgan fingerprint density at radius 1 is 1.08 bits per heavy atom. The van der Waals surface area contributed by atoms with E-state index < -0.39 is 50.5 Å². The van der Waals surface area contributed by atoms with Crippen LogP contribution >= 0.6 is 18.9 Å². The molecule has 11 nitrogen and oxygen atoms in total. The van der Waals surface area contributed by atoms with Crippen LogP contribution in [0.2, 0.25) is 0 Å². The number of quaternary nitrogens is 2. The van der Waals surface area contributed by atoms with Gasteiger partial charge in [0.25, 0.3) is 10.0 Å². The summed E-state index contributed by atoms with van der Waals surface area (Å²) >= 11 is 0.700. The van der Waals surface area contributed by atoms with E-state index in [1.165, 1.54) is 26.4 Å². The molecule has 1 aromatic heterocycles. The third-order valence-electron chi connectivity index (χ3n) is 4.88. The number of halogens is 3. The summed E-state index contributed by atoms with van der Waals surface area (Å²) in [6.45, 7) is 0. The van der Waals surface area contributed by atoms with Gasteiger partial charge in [-0.25, -0.2) is 8.42 Å². The summed E-state index contributed by atoms with van der Waals surface area (Å²) in [4.78, 5) is 24.2. The third-order valence-corrected chi connectivity index (χ3v) is 9.15. The standard InChI is InChI=1S/C21H18F3N2O7PS2.2H3N/c1-32-16-5-3-4-14(19(16)33-2)17-8-9-18(35-17)36(30,31)26-20(34(27,28)29)12-6-7-13(11-25)15(10-12)21(22,23)24;;/h3-10,20,26H,1-2H3,(H2,27,28,29);2*1H3. The van der Waals surface area contributed by atoms with E-state index in [0.29, 0.717) is 39.3 Å². The average molecular weight is 597 g/mol. The molecule has 38 heavy (non-hydrogen) atoms. The first-order valence-electron chi connectivity index (χ1n) is 9.69. The van der Waals surface area contributed by atoms with E-state index in [9.17, 15) is 35.9 Å². The highest BCUT2D eigenvalue weighted by atomic mass is 32.2. The van der Waals surface area contributed by atoms with E-state index in [1.54, 1.807) is 22.9 Å². The van der Waals surface area contributed by atoms with Crippen LogP contribution in [0.5, 0.6) is 11.5 Å². The zero-order valence-corrected chi connectivity index (χ0v) is 22.9. The second-order valence-corrected chi connectivity index (χ2v) is 11.8. The van der Waals surface area contributed by atoms with Crippen LogP contribution in [0.1, 0.15) is 22.5 Å². The molecule has 2 aromatic carbocycles. The molecule has 0 saturated heterocycles. The summed E-state index contributed by atoms with van der Waals surface area (Å²) in [5, 5.41) is 8.92. The van der Waals surface area contributed by atoms with E-state index in [2.05, 4.69) is 0 Å². The maximum atomic E-state index is 13.3. The first-order chi connectivity index (χ1) is 16.7. The zero-order chi connectivity index (χ0) is 26.9. The smallest absolute Gasteiger partial charge is 0.417 e. The van der Waals surface area contributed by atoms with Gasteiger partial charge in [-0.2, -0.15) is 23.2 Å². The van der Waals surface area contributed by atoms with Crippen molar-refractivity contribution >= 4 is 29.0 Å². The summed E-state index contributed by atoms with van der Waals surface area (Å²) in [7, 11) is -7.77. The molecule has 0 fully saturated rings. The van der Waals surface area contributed by atoms with Gasteiger partial charge in [0.15, 0.2) is 11.5 Å². The molecule has 3 aromatic rings. The number of hydrogen-bond acceptors (Lipinski definition) is 9. The van der Waals surface area contributed by atoms with Gasteiger partial charge in [-0.3, -0.25) is 0 Å². The fourth-order valence-electron chi connectivity index (χ4n) is 3.27. The highest BCUT2D eigenvalue weighted by Crippen LogP contribution is 2.46. The van der Waals surface area contributed by atoms with Crippen LogP contribution in [0.4, 0.5) is 13.2 Å². The second kappa shape index (κ2) is 12.2. The number of methoxy groups -OCH3 is 2. The number of para-hydroxylation sites is 1. The molecule has 0 radical (unpaired) electrons. The normalized spacial score (nSPS) is 12.5. The fraction of sp³-hybridized carbons (Fsp3) is 0.190. The van der Waals surface area contributed by atoms with Crippen LogP contribution in [-0.4, -0.2) is 22.6 Å². The van der Waals surface area contributed by atoms with Crippen molar-refractivity contribution in [1.82, 2.24) is 17.0 Å². The molecule has 3 rings (SSSR count). The first-order valence-corrected chi connectivity index (χ1v) is 13.6. The van der Waals surface area contributed by atoms with Crippen LogP contribution in [0.3, 0.4) is 0 Å². The lowest BCUT2D eigenvalue weighted by molar-refractivity contribution is -0.317. The number of ether oxygens (including phenoxy) is 2. The Morgan fingerprint density at radius 2 is 1.74 bits per heavy atom. The van der Waals surface area contributed by atoms with Gasteiger partial charge in [0.1, 0.15) is 4.21 Å². The highest BCUT2D eigenvalue weighted by molar-refractivity contribution is 7.92. The Morgan fingerprint density at radius 3 is 2.26 bits per heavy atom. The number of benzene rings is 2. The van der Waals surface area contributed by atoms with Crippen molar-refractivity contribution in [2.24, 2.45) is 0 Å². The van der Waals surface area contributed by atoms with E-state index >= 15 is 0 Å². The van der Waals surface area contributed by atoms with Crippen LogP contribution in [0.25, 0.3) is 10.4 Å². The number of nitrogens with one attached hydrogen (secondary N) is 1. The van der Waals surface area contributed by atoms with Crippen molar-refractivity contribution in [1.29, 1.82) is 5.26 Å². The van der Waals surface area contributed by atoms with Crippen molar-refractivity contribution < 1.29 is 45.4 Å². The molecule has 1 heterocycles. The third kappa shape index (κ3) is 6.90. The van der Waals surface area contributed by atoms with Gasteiger partial charge in [-0.05, 0) is 49.6 Å². The number of nitriles is 1. The molecule has 17 heteroatoms. The molecule has 0 aliphatic carbocycles. The van der Waals surface area contributed by atoms with Crippen molar-refractivity contribution in [2.45, 2.75) is 16.2 Å². The maximum Gasteiger partial charge on any atom is 0.417 e. The Hall–Kier alpha value is -3.00. The number of rotatable bonds is 8. The molecule has 0 bridgehead atoms. The van der Waals surface area contributed by atoms with E-state index in [-0.39, 0.29) is 18.4 Å². The van der Waals surface area contributed by atoms with E-state index in [4.69, 9.17) is 14.7 Å². The van der Waals surface area contributed by atoms with E-state index in [1.807, 2.05) is 0 Å². The van der Waals surface area contributed by atoms with Gasteiger partial charge >= 0.3 is 6.18 Å². The molecule has 0 spiro atoms. The number of hydrogen-bond donors (Lipinski definition) is 3. The van der Waals surface area contributed by atoms with E-state index in [0.717, 1.165) is 12.1 Å². The number of alkyl halides is 3. The molecule has 0 saturated carbocycles. The first kappa shape index (κ1) is 33.0. The molecule has 208 valence electrons. The average Bonchev–Trinajstić information content (AvgIpc) is 3.31. The molecular weight excluding hydrogens is 572 g/mol. The summed E-state index contributed by atoms with van der Waals surface area (Å²) in [5.74, 6) is -1.89. The minimum atomic E-state index is -5.86. The van der Waals surface area contributed by atoms with Gasteiger partial charge in [0.05, 0.1) is 37.2 Å². The molecule has 0 aliphatic rings. The lowest BCUT2D eigenvalue weighted by Gasteiger charge is -2.38. The van der Waals surface area contributed by atoms with Crippen LogP contribution in [-0.2, 0) is 20.8 Å². The predicted octanol–water partition coefficient (Wildman–Crippen LogP) is 3.97. The fourth-order valence-corrected chi connectivity index (χ4v) is 7.14. The number of sulfonamides is 1. The summed E-state index contributed by atoms with van der Waals surface area (Å²) < 4.78 is 89.6. The summed E-state index contributed by atoms with van der Waals surface area (Å²) in [6.07, 6.45) is -5.06. The van der Waals surface area contributed by atoms with Crippen molar-refractivity contribution in [3.05, 3.63) is 65.2 Å². The SMILES string of the molecule is COc1cccc(-c2ccc(S(=O)(=O)NC(c3ccc(C#N)c(C(F)(F)F)c3)P(=O)([O-])[O-])s2)c1OC.[NH4+].[NH4+]. The van der Waals surface area contributed by atoms with Gasteiger partial charge < -0.3 is 36.1 Å². The predicted molar refractivity (Wildman–Crippen MR) is 132 cm³/mol. The van der Waals surface area contributed by atoms with Crippen molar-refractivity contribution in [3.8, 4) is 28.0 Å². The zero-order valence-electron chi connectivity index (χ0n) is 20.4. The van der Waals surface area contributed by atoms with Crippen molar-refractivity contribution in [2.75, 3.05) is 14.2 Å². The minimum absolute atomic E-state index is 0. The molecule has 9 N–H and O–H groups in total. The quantitative estimate of drug-likeness (QED) is 0.322. The summed E-state index contributed by atoms with van der Waals surface area (Å²) in [6, 6.07) is 10.4. The molecule has 0 amide bonds. The lowest BCUT2D eigenvalue weighted by Crippen LogP contribution is -2.35. The monoisotopic (exact) mass is 596 g/mol. The van der Waals surface area contributed by atoms with Gasteiger partial charge in [0.2, 0.25) is 0 Å². The topological polar surface area (TPSA) is 225 Å².